The molecule has 0 saturated heterocycles. The van der Waals surface area contributed by atoms with Gasteiger partial charge in [0, 0.05) is 17.1 Å². The molecule has 1 aromatic carbocycles. The molecule has 2 heterocycles. The lowest BCUT2D eigenvalue weighted by molar-refractivity contribution is -0.115. The third-order valence-electron chi connectivity index (χ3n) is 3.26. The second-order valence-electron chi connectivity index (χ2n) is 4.96. The average molecular weight is 382 g/mol. The van der Waals surface area contributed by atoms with Crippen LogP contribution in [-0.4, -0.2) is 30.0 Å². The Balaban J connectivity index is 1.67. The van der Waals surface area contributed by atoms with Crippen molar-refractivity contribution in [2.45, 2.75) is 11.3 Å². The quantitative estimate of drug-likeness (QED) is 0.642. The van der Waals surface area contributed by atoms with Crippen molar-refractivity contribution in [3.63, 3.8) is 0 Å². The predicted molar refractivity (Wildman–Crippen MR) is 94.4 cm³/mol. The number of halogens is 1. The summed E-state index contributed by atoms with van der Waals surface area (Å²) in [5.41, 5.74) is 0.877. The molecule has 3 rings (SSSR count). The largest absolute Gasteiger partial charge is 0.454 e. The molecule has 124 valence electrons. The van der Waals surface area contributed by atoms with Crippen LogP contribution in [0.25, 0.3) is 0 Å². The molecule has 1 aromatic heterocycles. The number of hydrogen-bond acceptors (Lipinski definition) is 6. The molecule has 1 amide bonds. The molecule has 0 fully saturated rings. The number of ether oxygens (including phenoxy) is 1. The minimum absolute atomic E-state index is 0.0866. The van der Waals surface area contributed by atoms with Crippen LogP contribution in [-0.2, 0) is 9.53 Å². The van der Waals surface area contributed by atoms with Crippen molar-refractivity contribution in [3.8, 4) is 0 Å². The number of rotatable bonds is 4. The summed E-state index contributed by atoms with van der Waals surface area (Å²) in [5.74, 6) is -0.312. The standard InChI is InChI=1S/C16H12ClNO4S2/c17-14-4-3-13(24-14)11(19)8-22-16(21)9-1-2-12-10(7-9)18-15(20)5-6-23-12/h1-4,7H,5-6,8H2,(H,18,20). The summed E-state index contributed by atoms with van der Waals surface area (Å²) in [5, 5.41) is 2.76. The van der Waals surface area contributed by atoms with E-state index in [1.807, 2.05) is 0 Å². The molecule has 0 radical (unpaired) electrons. The first-order chi connectivity index (χ1) is 11.5. The van der Waals surface area contributed by atoms with E-state index in [1.54, 1.807) is 42.1 Å². The summed E-state index contributed by atoms with van der Waals surface area (Å²) in [6.45, 7) is -0.353. The van der Waals surface area contributed by atoms with Gasteiger partial charge in [-0.2, -0.15) is 0 Å². The lowest BCUT2D eigenvalue weighted by atomic mass is 10.2. The summed E-state index contributed by atoms with van der Waals surface area (Å²) in [6, 6.07) is 8.17. The number of thiophene rings is 1. The Morgan fingerprint density at radius 1 is 1.25 bits per heavy atom. The number of nitrogens with one attached hydrogen (secondary N) is 1. The summed E-state index contributed by atoms with van der Waals surface area (Å²) in [7, 11) is 0. The van der Waals surface area contributed by atoms with Gasteiger partial charge in [0.15, 0.2) is 6.61 Å². The number of ketones is 1. The Bertz CT molecular complexity index is 818. The lowest BCUT2D eigenvalue weighted by Gasteiger charge is -2.09. The maximum absolute atomic E-state index is 12.1. The molecule has 1 aliphatic heterocycles. The Hall–Kier alpha value is -1.83. The number of carbonyl (C=O) groups is 3. The van der Waals surface area contributed by atoms with Gasteiger partial charge in [0.05, 0.1) is 20.5 Å². The molecule has 5 nitrogen and oxygen atoms in total. The Morgan fingerprint density at radius 3 is 2.83 bits per heavy atom. The van der Waals surface area contributed by atoms with E-state index >= 15 is 0 Å². The van der Waals surface area contributed by atoms with E-state index in [1.165, 1.54) is 0 Å². The molecule has 8 heteroatoms. The minimum Gasteiger partial charge on any atom is -0.454 e. The number of esters is 1. The number of thioether (sulfide) groups is 1. The van der Waals surface area contributed by atoms with Crippen molar-refractivity contribution >= 4 is 58.0 Å². The first-order valence-electron chi connectivity index (χ1n) is 7.05. The highest BCUT2D eigenvalue weighted by Gasteiger charge is 2.18. The number of hydrogen-bond donors (Lipinski definition) is 1. The smallest absolute Gasteiger partial charge is 0.338 e. The van der Waals surface area contributed by atoms with Crippen LogP contribution in [0.15, 0.2) is 35.2 Å². The second-order valence-corrected chi connectivity index (χ2v) is 7.81. The van der Waals surface area contributed by atoms with Crippen LogP contribution in [0.4, 0.5) is 5.69 Å². The summed E-state index contributed by atoms with van der Waals surface area (Å²) in [4.78, 5) is 37.0. The maximum Gasteiger partial charge on any atom is 0.338 e. The zero-order chi connectivity index (χ0) is 17.1. The van der Waals surface area contributed by atoms with Gasteiger partial charge in [-0.15, -0.1) is 23.1 Å². The van der Waals surface area contributed by atoms with Gasteiger partial charge < -0.3 is 10.1 Å². The molecule has 2 aromatic rings. The number of amides is 1. The zero-order valence-corrected chi connectivity index (χ0v) is 14.7. The first-order valence-corrected chi connectivity index (χ1v) is 9.23. The van der Waals surface area contributed by atoms with Crippen LogP contribution in [0.5, 0.6) is 0 Å². The molecule has 1 aliphatic rings. The van der Waals surface area contributed by atoms with Crippen molar-refractivity contribution in [1.29, 1.82) is 0 Å². The number of anilines is 1. The molecule has 0 aliphatic carbocycles. The van der Waals surface area contributed by atoms with Gasteiger partial charge in [0.2, 0.25) is 11.7 Å². The normalized spacial score (nSPS) is 13.6. The van der Waals surface area contributed by atoms with Crippen LogP contribution in [0, 0.1) is 0 Å². The van der Waals surface area contributed by atoms with E-state index < -0.39 is 5.97 Å². The van der Waals surface area contributed by atoms with Gasteiger partial charge in [-0.3, -0.25) is 9.59 Å². The molecule has 0 spiro atoms. The van der Waals surface area contributed by atoms with Crippen LogP contribution in [0.3, 0.4) is 0 Å². The molecule has 0 saturated carbocycles. The number of carbonyl (C=O) groups excluding carboxylic acids is 3. The Kier molecular flexibility index (Phi) is 5.23. The highest BCUT2D eigenvalue weighted by Crippen LogP contribution is 2.31. The average Bonchev–Trinajstić information content (AvgIpc) is 2.90. The van der Waals surface area contributed by atoms with Crippen molar-refractivity contribution in [2.75, 3.05) is 17.7 Å². The van der Waals surface area contributed by atoms with Crippen LogP contribution in [0.2, 0.25) is 4.34 Å². The highest BCUT2D eigenvalue weighted by atomic mass is 35.5. The van der Waals surface area contributed by atoms with Crippen LogP contribution in [0.1, 0.15) is 26.5 Å². The lowest BCUT2D eigenvalue weighted by Crippen LogP contribution is -2.14. The fourth-order valence-corrected chi connectivity index (χ4v) is 4.00. The van der Waals surface area contributed by atoms with Crippen molar-refractivity contribution < 1.29 is 19.1 Å². The first kappa shape index (κ1) is 17.0. The Morgan fingerprint density at radius 2 is 2.08 bits per heavy atom. The fraction of sp³-hybridized carbons (Fsp3) is 0.188. The molecular weight excluding hydrogens is 370 g/mol. The molecule has 24 heavy (non-hydrogen) atoms. The van der Waals surface area contributed by atoms with E-state index in [4.69, 9.17) is 16.3 Å². The third-order valence-corrected chi connectivity index (χ3v) is 5.61. The topological polar surface area (TPSA) is 72.5 Å². The predicted octanol–water partition coefficient (Wildman–Crippen LogP) is 3.88. The third kappa shape index (κ3) is 3.98. The van der Waals surface area contributed by atoms with Crippen molar-refractivity contribution in [3.05, 3.63) is 45.1 Å². The molecule has 0 unspecified atom stereocenters. The highest BCUT2D eigenvalue weighted by molar-refractivity contribution is 7.99. The minimum atomic E-state index is -0.614. The van der Waals surface area contributed by atoms with E-state index in [0.29, 0.717) is 27.1 Å². The molecule has 0 atom stereocenters. The van der Waals surface area contributed by atoms with Gasteiger partial charge in [-0.1, -0.05) is 11.6 Å². The second kappa shape index (κ2) is 7.38. The summed E-state index contributed by atoms with van der Waals surface area (Å²) >= 11 is 8.47. The van der Waals surface area contributed by atoms with Crippen LogP contribution < -0.4 is 5.32 Å². The van der Waals surface area contributed by atoms with E-state index in [0.717, 1.165) is 16.2 Å². The van der Waals surface area contributed by atoms with E-state index in [9.17, 15) is 14.4 Å². The van der Waals surface area contributed by atoms with Crippen LogP contribution >= 0.6 is 34.7 Å². The summed E-state index contributed by atoms with van der Waals surface area (Å²) in [6.07, 6.45) is 0.428. The fourth-order valence-electron chi connectivity index (χ4n) is 2.10. The van der Waals surface area contributed by atoms with Crippen molar-refractivity contribution in [1.82, 2.24) is 0 Å². The molecular formula is C16H12ClNO4S2. The number of fused-ring (bicyclic) bond motifs is 1. The monoisotopic (exact) mass is 381 g/mol. The van der Waals surface area contributed by atoms with Gasteiger partial charge in [-0.25, -0.2) is 4.79 Å². The maximum atomic E-state index is 12.1. The van der Waals surface area contributed by atoms with E-state index in [2.05, 4.69) is 5.32 Å². The zero-order valence-electron chi connectivity index (χ0n) is 12.3. The van der Waals surface area contributed by atoms with Gasteiger partial charge in [0.25, 0.3) is 0 Å². The van der Waals surface area contributed by atoms with Gasteiger partial charge in [-0.05, 0) is 30.3 Å². The number of Topliss-reactive ketones (excluding diaryl/α,β-unsaturated/α-hetero) is 1. The number of benzene rings is 1. The van der Waals surface area contributed by atoms with Gasteiger partial charge in [0.1, 0.15) is 0 Å². The molecule has 1 N–H and O–H groups in total. The van der Waals surface area contributed by atoms with Gasteiger partial charge >= 0.3 is 5.97 Å². The molecule has 0 bridgehead atoms. The Labute approximate surface area is 151 Å². The van der Waals surface area contributed by atoms with Crippen molar-refractivity contribution in [2.24, 2.45) is 0 Å². The summed E-state index contributed by atoms with van der Waals surface area (Å²) < 4.78 is 5.56. The SMILES string of the molecule is O=C1CCSc2ccc(C(=O)OCC(=O)c3ccc(Cl)s3)cc2N1. The van der Waals surface area contributed by atoms with E-state index in [-0.39, 0.29) is 23.9 Å².